The molecular weight excluding hydrogens is 430 g/mol. The van der Waals surface area contributed by atoms with Crippen molar-refractivity contribution in [3.63, 3.8) is 0 Å². The van der Waals surface area contributed by atoms with E-state index in [1.165, 1.54) is 7.11 Å². The monoisotopic (exact) mass is 451 g/mol. The second-order valence-electron chi connectivity index (χ2n) is 6.92. The third-order valence-corrected chi connectivity index (χ3v) is 6.13. The molecule has 0 saturated heterocycles. The van der Waals surface area contributed by atoms with Crippen molar-refractivity contribution in [3.05, 3.63) is 72.5 Å². The Bertz CT molecular complexity index is 1380. The summed E-state index contributed by atoms with van der Waals surface area (Å²) < 4.78 is 37.0. The fourth-order valence-electron chi connectivity index (χ4n) is 3.21. The largest absolute Gasteiger partial charge is 0.494 e. The van der Waals surface area contributed by atoms with Crippen LogP contribution in [0.1, 0.15) is 17.3 Å². The summed E-state index contributed by atoms with van der Waals surface area (Å²) in [6.45, 7) is 1.54. The zero-order valence-electron chi connectivity index (χ0n) is 17.5. The van der Waals surface area contributed by atoms with E-state index in [1.807, 2.05) is 24.3 Å². The van der Waals surface area contributed by atoms with Gasteiger partial charge in [0.25, 0.3) is 5.91 Å². The first-order chi connectivity index (χ1) is 15.4. The molecule has 2 N–H and O–H groups in total. The maximum Gasteiger partial charge on any atom is 0.256 e. The molecule has 2 aromatic carbocycles. The summed E-state index contributed by atoms with van der Waals surface area (Å²) in [5.74, 6) is 0.428. The van der Waals surface area contributed by atoms with Crippen LogP contribution in [0.2, 0.25) is 0 Å². The van der Waals surface area contributed by atoms with Gasteiger partial charge in [-0.05, 0) is 43.3 Å². The molecule has 2 aromatic heterocycles. The Kier molecular flexibility index (Phi) is 5.83. The topological polar surface area (TPSA) is 111 Å². The number of benzene rings is 2. The van der Waals surface area contributed by atoms with E-state index in [4.69, 9.17) is 9.15 Å². The minimum absolute atomic E-state index is 0.0677. The molecule has 32 heavy (non-hydrogen) atoms. The number of ether oxygens (including phenoxy) is 1. The number of fused-ring (bicyclic) bond motifs is 1. The lowest BCUT2D eigenvalue weighted by Gasteiger charge is -2.14. The van der Waals surface area contributed by atoms with E-state index in [0.717, 1.165) is 0 Å². The average Bonchev–Trinajstić information content (AvgIpc) is 3.34. The smallest absolute Gasteiger partial charge is 0.256 e. The van der Waals surface area contributed by atoms with Gasteiger partial charge >= 0.3 is 0 Å². The van der Waals surface area contributed by atoms with E-state index in [2.05, 4.69) is 15.0 Å². The first-order valence-corrected chi connectivity index (χ1v) is 11.5. The number of hydrogen-bond donors (Lipinski definition) is 2. The van der Waals surface area contributed by atoms with Crippen LogP contribution in [0.25, 0.3) is 22.4 Å². The third kappa shape index (κ3) is 4.42. The van der Waals surface area contributed by atoms with Crippen LogP contribution in [0.3, 0.4) is 0 Å². The van der Waals surface area contributed by atoms with E-state index < -0.39 is 10.0 Å². The predicted octanol–water partition coefficient (Wildman–Crippen LogP) is 4.52. The number of para-hydroxylation sites is 1. The van der Waals surface area contributed by atoms with E-state index in [1.54, 1.807) is 49.6 Å². The lowest BCUT2D eigenvalue weighted by atomic mass is 10.1. The van der Waals surface area contributed by atoms with Crippen molar-refractivity contribution in [2.75, 3.05) is 22.9 Å². The Morgan fingerprint density at radius 2 is 1.91 bits per heavy atom. The Hall–Kier alpha value is -3.85. The van der Waals surface area contributed by atoms with Crippen molar-refractivity contribution in [2.24, 2.45) is 0 Å². The van der Waals surface area contributed by atoms with Gasteiger partial charge in [0.15, 0.2) is 5.76 Å². The number of aromatic nitrogens is 1. The minimum Gasteiger partial charge on any atom is -0.494 e. The van der Waals surface area contributed by atoms with Crippen LogP contribution in [0.15, 0.2) is 71.3 Å². The van der Waals surface area contributed by atoms with Crippen molar-refractivity contribution < 1.29 is 22.4 Å². The fourth-order valence-corrected chi connectivity index (χ4v) is 3.85. The van der Waals surface area contributed by atoms with Crippen molar-refractivity contribution in [1.82, 2.24) is 4.98 Å². The van der Waals surface area contributed by atoms with Gasteiger partial charge in [0.05, 0.1) is 35.9 Å². The third-order valence-electron chi connectivity index (χ3n) is 4.84. The number of amides is 1. The van der Waals surface area contributed by atoms with Gasteiger partial charge in [0, 0.05) is 17.1 Å². The number of sulfonamides is 1. The first kappa shape index (κ1) is 21.4. The molecule has 0 radical (unpaired) electrons. The molecule has 1 amide bonds. The number of carbonyl (C=O) groups is 1. The molecule has 4 rings (SSSR count). The molecule has 0 saturated carbocycles. The van der Waals surface area contributed by atoms with Crippen LogP contribution >= 0.6 is 0 Å². The van der Waals surface area contributed by atoms with E-state index >= 15 is 0 Å². The number of rotatable bonds is 7. The fraction of sp³-hybridized carbons (Fsp3) is 0.130. The van der Waals surface area contributed by atoms with Crippen LogP contribution in [-0.2, 0) is 10.0 Å². The van der Waals surface area contributed by atoms with E-state index in [-0.39, 0.29) is 17.4 Å². The Balaban J connectivity index is 1.68. The molecule has 0 bridgehead atoms. The first-order valence-electron chi connectivity index (χ1n) is 9.83. The quantitative estimate of drug-likeness (QED) is 0.428. The van der Waals surface area contributed by atoms with Gasteiger partial charge < -0.3 is 14.5 Å². The van der Waals surface area contributed by atoms with Gasteiger partial charge in [-0.3, -0.25) is 9.52 Å². The lowest BCUT2D eigenvalue weighted by molar-refractivity contribution is 0.102. The van der Waals surface area contributed by atoms with Gasteiger partial charge in [-0.1, -0.05) is 18.2 Å². The number of anilines is 2. The number of hydrogen-bond acceptors (Lipinski definition) is 6. The highest BCUT2D eigenvalue weighted by Crippen LogP contribution is 2.30. The number of methoxy groups -OCH3 is 1. The Morgan fingerprint density at radius 3 is 2.62 bits per heavy atom. The molecule has 8 nitrogen and oxygen atoms in total. The summed E-state index contributed by atoms with van der Waals surface area (Å²) in [7, 11) is -2.04. The second kappa shape index (κ2) is 8.72. The molecule has 0 fully saturated rings. The minimum atomic E-state index is -3.47. The van der Waals surface area contributed by atoms with Gasteiger partial charge in [0.1, 0.15) is 11.4 Å². The SMILES string of the molecule is CCS(=O)(=O)Nc1ccc(NC(=O)c2cc(-c3ccco3)nc3ccccc23)cc1OC. The molecule has 9 heteroatoms. The Morgan fingerprint density at radius 1 is 1.09 bits per heavy atom. The molecule has 164 valence electrons. The lowest BCUT2D eigenvalue weighted by Crippen LogP contribution is -2.16. The zero-order valence-corrected chi connectivity index (χ0v) is 18.3. The summed E-state index contributed by atoms with van der Waals surface area (Å²) in [4.78, 5) is 17.8. The van der Waals surface area contributed by atoms with Crippen LogP contribution in [-0.4, -0.2) is 32.2 Å². The molecule has 0 aliphatic rings. The van der Waals surface area contributed by atoms with E-state index in [0.29, 0.717) is 39.3 Å². The van der Waals surface area contributed by atoms with E-state index in [9.17, 15) is 13.2 Å². The number of carbonyl (C=O) groups excluding carboxylic acids is 1. The summed E-state index contributed by atoms with van der Waals surface area (Å²) in [5, 5.41) is 3.54. The predicted molar refractivity (Wildman–Crippen MR) is 123 cm³/mol. The summed E-state index contributed by atoms with van der Waals surface area (Å²) in [5.41, 5.74) is 2.37. The van der Waals surface area contributed by atoms with Crippen molar-refractivity contribution in [1.29, 1.82) is 0 Å². The van der Waals surface area contributed by atoms with Crippen molar-refractivity contribution in [2.45, 2.75) is 6.92 Å². The van der Waals surface area contributed by atoms with Crippen LogP contribution in [0.5, 0.6) is 5.75 Å². The van der Waals surface area contributed by atoms with Crippen LogP contribution in [0.4, 0.5) is 11.4 Å². The van der Waals surface area contributed by atoms with Crippen LogP contribution < -0.4 is 14.8 Å². The number of furan rings is 1. The maximum absolute atomic E-state index is 13.2. The molecule has 0 spiro atoms. The molecule has 0 aliphatic carbocycles. The summed E-state index contributed by atoms with van der Waals surface area (Å²) >= 11 is 0. The molecule has 2 heterocycles. The standard InChI is InChI=1S/C23H21N3O5S/c1-3-32(28,29)26-19-11-10-15(13-22(19)30-2)24-23(27)17-14-20(21-9-6-12-31-21)25-18-8-5-4-7-16(17)18/h4-14,26H,3H2,1-2H3,(H,24,27). The molecule has 4 aromatic rings. The average molecular weight is 452 g/mol. The maximum atomic E-state index is 13.2. The molecular formula is C23H21N3O5S. The zero-order chi connectivity index (χ0) is 22.7. The normalized spacial score (nSPS) is 11.3. The second-order valence-corrected chi connectivity index (χ2v) is 8.94. The molecule has 0 unspecified atom stereocenters. The number of nitrogens with zero attached hydrogens (tertiary/aromatic N) is 1. The van der Waals surface area contributed by atoms with Gasteiger partial charge in [-0.15, -0.1) is 0 Å². The van der Waals surface area contributed by atoms with Crippen molar-refractivity contribution in [3.8, 4) is 17.2 Å². The molecule has 0 aliphatic heterocycles. The number of nitrogens with one attached hydrogen (secondary N) is 2. The summed E-state index contributed by atoms with van der Waals surface area (Å²) in [6.07, 6.45) is 1.55. The van der Waals surface area contributed by atoms with Gasteiger partial charge in [-0.2, -0.15) is 0 Å². The van der Waals surface area contributed by atoms with Gasteiger partial charge in [0.2, 0.25) is 10.0 Å². The number of pyridine rings is 1. The van der Waals surface area contributed by atoms with Gasteiger partial charge in [-0.25, -0.2) is 13.4 Å². The molecule has 0 atom stereocenters. The highest BCUT2D eigenvalue weighted by molar-refractivity contribution is 7.92. The van der Waals surface area contributed by atoms with Crippen LogP contribution in [0, 0.1) is 0 Å². The highest BCUT2D eigenvalue weighted by atomic mass is 32.2. The Labute approximate surface area is 185 Å². The van der Waals surface area contributed by atoms with Crippen molar-refractivity contribution >= 4 is 38.2 Å². The summed E-state index contributed by atoms with van der Waals surface area (Å²) in [6, 6.07) is 17.3. The highest BCUT2D eigenvalue weighted by Gasteiger charge is 2.17.